The van der Waals surface area contributed by atoms with Crippen LogP contribution in [0.15, 0.2) is 30.3 Å². The molecule has 0 fully saturated rings. The number of carbonyl (C=O) groups is 3. The SMILES string of the molecule is CC(C)(C)OC(=O)N1CCCn2c(-c3ccccc3)nc(C(=O)N[C@@](C)(C(=O)O)C(C)(C)C)c2C1. The molecule has 1 aromatic heterocycles. The van der Waals surface area contributed by atoms with Crippen molar-refractivity contribution in [1.82, 2.24) is 19.8 Å². The maximum absolute atomic E-state index is 13.6. The summed E-state index contributed by atoms with van der Waals surface area (Å²) in [5, 5.41) is 12.7. The molecule has 9 heteroatoms. The molecule has 2 amide bonds. The van der Waals surface area contributed by atoms with E-state index >= 15 is 0 Å². The van der Waals surface area contributed by atoms with Crippen LogP contribution in [-0.4, -0.2) is 55.2 Å². The Morgan fingerprint density at radius 1 is 1.00 bits per heavy atom. The van der Waals surface area contributed by atoms with Crippen molar-refractivity contribution in [3.8, 4) is 11.4 Å². The second kappa shape index (κ2) is 9.36. The Kier molecular flexibility index (Phi) is 7.02. The maximum Gasteiger partial charge on any atom is 0.410 e. The number of nitrogens with one attached hydrogen (secondary N) is 1. The van der Waals surface area contributed by atoms with Crippen LogP contribution in [0.25, 0.3) is 11.4 Å². The Morgan fingerprint density at radius 2 is 1.63 bits per heavy atom. The van der Waals surface area contributed by atoms with Crippen LogP contribution >= 0.6 is 0 Å². The third-order valence-corrected chi connectivity index (χ3v) is 6.41. The first-order chi connectivity index (χ1) is 16.1. The fourth-order valence-corrected chi connectivity index (χ4v) is 3.89. The van der Waals surface area contributed by atoms with Crippen LogP contribution in [0.4, 0.5) is 4.79 Å². The van der Waals surface area contributed by atoms with Gasteiger partial charge in [0.05, 0.1) is 12.2 Å². The second-order valence-corrected chi connectivity index (χ2v) is 11.1. The lowest BCUT2D eigenvalue weighted by Gasteiger charge is -2.38. The number of aliphatic carboxylic acids is 1. The summed E-state index contributed by atoms with van der Waals surface area (Å²) in [4.78, 5) is 44.9. The van der Waals surface area contributed by atoms with E-state index in [4.69, 9.17) is 4.74 Å². The molecular weight excluding hydrogens is 448 g/mol. The number of benzene rings is 1. The van der Waals surface area contributed by atoms with Crippen molar-refractivity contribution in [2.24, 2.45) is 5.41 Å². The minimum Gasteiger partial charge on any atom is -0.479 e. The third kappa shape index (κ3) is 5.49. The standard InChI is InChI=1S/C26H36N4O5/c1-24(2,3)26(7,22(32)33)28-21(31)19-18-16-29(23(34)35-25(4,5)6)14-11-15-30(18)20(27-19)17-12-9-8-10-13-17/h8-10,12-13H,11,14-16H2,1-7H3,(H,28,31)(H,32,33)/t26-/m0/s1. The van der Waals surface area contributed by atoms with Gasteiger partial charge in [-0.15, -0.1) is 0 Å². The fourth-order valence-electron chi connectivity index (χ4n) is 3.89. The molecule has 3 rings (SSSR count). The van der Waals surface area contributed by atoms with E-state index in [0.29, 0.717) is 31.0 Å². The van der Waals surface area contributed by atoms with E-state index in [9.17, 15) is 19.5 Å². The van der Waals surface area contributed by atoms with Gasteiger partial charge in [-0.1, -0.05) is 51.1 Å². The highest BCUT2D eigenvalue weighted by Gasteiger charge is 2.46. The van der Waals surface area contributed by atoms with E-state index < -0.39 is 34.5 Å². The summed E-state index contributed by atoms with van der Waals surface area (Å²) in [5.41, 5.74) is -1.48. The van der Waals surface area contributed by atoms with Crippen molar-refractivity contribution in [3.63, 3.8) is 0 Å². The van der Waals surface area contributed by atoms with Crippen molar-refractivity contribution >= 4 is 18.0 Å². The summed E-state index contributed by atoms with van der Waals surface area (Å²) < 4.78 is 7.52. The summed E-state index contributed by atoms with van der Waals surface area (Å²) in [6.45, 7) is 13.3. The summed E-state index contributed by atoms with van der Waals surface area (Å²) in [6.07, 6.45) is 0.183. The van der Waals surface area contributed by atoms with Gasteiger partial charge in [0.25, 0.3) is 5.91 Å². The predicted octanol–water partition coefficient (Wildman–Crippen LogP) is 4.31. The molecular formula is C26H36N4O5. The molecule has 1 aromatic carbocycles. The molecule has 0 bridgehead atoms. The third-order valence-electron chi connectivity index (χ3n) is 6.41. The van der Waals surface area contributed by atoms with Gasteiger partial charge in [0.15, 0.2) is 5.69 Å². The summed E-state index contributed by atoms with van der Waals surface area (Å²) in [6, 6.07) is 9.49. The normalized spacial score (nSPS) is 16.0. The van der Waals surface area contributed by atoms with Crippen LogP contribution in [0, 0.1) is 5.41 Å². The molecule has 0 spiro atoms. The lowest BCUT2D eigenvalue weighted by molar-refractivity contribution is -0.148. The number of hydrogen-bond donors (Lipinski definition) is 2. The maximum atomic E-state index is 13.6. The molecule has 2 aromatic rings. The molecule has 0 saturated carbocycles. The number of nitrogens with zero attached hydrogens (tertiary/aromatic N) is 3. The zero-order chi connectivity index (χ0) is 26.2. The van der Waals surface area contributed by atoms with Gasteiger partial charge in [-0.05, 0) is 39.5 Å². The minimum absolute atomic E-state index is 0.107. The van der Waals surface area contributed by atoms with Crippen molar-refractivity contribution in [1.29, 1.82) is 0 Å². The number of aromatic nitrogens is 2. The van der Waals surface area contributed by atoms with Gasteiger partial charge in [0.1, 0.15) is 17.0 Å². The number of imidazole rings is 1. The Morgan fingerprint density at radius 3 is 2.17 bits per heavy atom. The van der Waals surface area contributed by atoms with Gasteiger partial charge < -0.3 is 24.6 Å². The van der Waals surface area contributed by atoms with Crippen LogP contribution < -0.4 is 5.32 Å². The summed E-state index contributed by atoms with van der Waals surface area (Å²) in [5.74, 6) is -1.13. The Labute approximate surface area is 206 Å². The van der Waals surface area contributed by atoms with Crippen molar-refractivity contribution < 1.29 is 24.2 Å². The molecule has 0 unspecified atom stereocenters. The average molecular weight is 485 g/mol. The number of hydrogen-bond acceptors (Lipinski definition) is 5. The van der Waals surface area contributed by atoms with Crippen molar-refractivity contribution in [2.45, 2.75) is 79.1 Å². The molecule has 0 radical (unpaired) electrons. The van der Waals surface area contributed by atoms with E-state index in [1.165, 1.54) is 6.92 Å². The number of carboxylic acids is 1. The second-order valence-electron chi connectivity index (χ2n) is 11.1. The van der Waals surface area contributed by atoms with Crippen molar-refractivity contribution in [3.05, 3.63) is 41.7 Å². The number of carboxylic acid groups (broad SMARTS) is 1. The zero-order valence-corrected chi connectivity index (χ0v) is 21.6. The molecule has 2 heterocycles. The summed E-state index contributed by atoms with van der Waals surface area (Å²) >= 11 is 0. The van der Waals surface area contributed by atoms with Gasteiger partial charge in [0.2, 0.25) is 0 Å². The van der Waals surface area contributed by atoms with Crippen LogP contribution in [0.5, 0.6) is 0 Å². The topological polar surface area (TPSA) is 114 Å². The quantitative estimate of drug-likeness (QED) is 0.668. The largest absolute Gasteiger partial charge is 0.479 e. The van der Waals surface area contributed by atoms with E-state index in [1.807, 2.05) is 34.9 Å². The number of carbonyl (C=O) groups excluding carboxylic acids is 2. The first-order valence-electron chi connectivity index (χ1n) is 11.8. The molecule has 1 aliphatic heterocycles. The van der Waals surface area contributed by atoms with Gasteiger partial charge >= 0.3 is 12.1 Å². The van der Waals surface area contributed by atoms with E-state index in [0.717, 1.165) is 5.56 Å². The Hall–Kier alpha value is -3.36. The Bertz CT molecular complexity index is 1110. The number of fused-ring (bicyclic) bond motifs is 1. The van der Waals surface area contributed by atoms with Gasteiger partial charge in [0, 0.05) is 18.7 Å². The number of rotatable bonds is 4. The van der Waals surface area contributed by atoms with Crippen LogP contribution in [0.2, 0.25) is 0 Å². The summed E-state index contributed by atoms with van der Waals surface area (Å²) in [7, 11) is 0. The number of amides is 2. The molecule has 1 atom stereocenters. The molecule has 9 nitrogen and oxygen atoms in total. The highest BCUT2D eigenvalue weighted by molar-refractivity contribution is 5.98. The number of ether oxygens (including phenoxy) is 1. The molecule has 35 heavy (non-hydrogen) atoms. The first-order valence-corrected chi connectivity index (χ1v) is 11.8. The molecule has 0 aliphatic carbocycles. The monoisotopic (exact) mass is 484 g/mol. The van der Waals surface area contributed by atoms with E-state index in [1.54, 1.807) is 46.4 Å². The molecule has 190 valence electrons. The minimum atomic E-state index is -1.54. The molecule has 2 N–H and O–H groups in total. The highest BCUT2D eigenvalue weighted by atomic mass is 16.6. The molecule has 1 aliphatic rings. The van der Waals surface area contributed by atoms with Crippen LogP contribution in [-0.2, 0) is 22.6 Å². The predicted molar refractivity (Wildman–Crippen MR) is 132 cm³/mol. The van der Waals surface area contributed by atoms with Gasteiger partial charge in [-0.3, -0.25) is 4.79 Å². The van der Waals surface area contributed by atoms with E-state index in [2.05, 4.69) is 10.3 Å². The lowest BCUT2D eigenvalue weighted by Crippen LogP contribution is -2.60. The average Bonchev–Trinajstić information content (AvgIpc) is 2.95. The fraction of sp³-hybridized carbons (Fsp3) is 0.538. The van der Waals surface area contributed by atoms with Crippen molar-refractivity contribution in [2.75, 3.05) is 6.54 Å². The van der Waals surface area contributed by atoms with Crippen LogP contribution in [0.3, 0.4) is 0 Å². The van der Waals surface area contributed by atoms with Gasteiger partial charge in [-0.25, -0.2) is 14.6 Å². The first kappa shape index (κ1) is 26.2. The lowest BCUT2D eigenvalue weighted by atomic mass is 9.74. The highest BCUT2D eigenvalue weighted by Crippen LogP contribution is 2.32. The Balaban J connectivity index is 2.08. The zero-order valence-electron chi connectivity index (χ0n) is 21.6. The smallest absolute Gasteiger partial charge is 0.410 e. The van der Waals surface area contributed by atoms with Gasteiger partial charge in [-0.2, -0.15) is 0 Å². The molecule has 0 saturated heterocycles. The van der Waals surface area contributed by atoms with Crippen LogP contribution in [0.1, 0.15) is 71.1 Å². The van der Waals surface area contributed by atoms with E-state index in [-0.39, 0.29) is 12.2 Å².